The first-order chi connectivity index (χ1) is 12.5. The van der Waals surface area contributed by atoms with Crippen molar-refractivity contribution < 1.29 is 18.3 Å². The summed E-state index contributed by atoms with van der Waals surface area (Å²) < 4.78 is 25.6. The number of carbonyl (C=O) groups excluding carboxylic acids is 1. The lowest BCUT2D eigenvalue weighted by Crippen LogP contribution is -2.31. The molecule has 26 heavy (non-hydrogen) atoms. The van der Waals surface area contributed by atoms with Gasteiger partial charge in [0, 0.05) is 19.2 Å². The molecule has 6 nitrogen and oxygen atoms in total. The van der Waals surface area contributed by atoms with Crippen LogP contribution in [0.15, 0.2) is 65.6 Å². The van der Waals surface area contributed by atoms with Crippen molar-refractivity contribution in [2.45, 2.75) is 11.4 Å². The van der Waals surface area contributed by atoms with Crippen molar-refractivity contribution in [3.63, 3.8) is 0 Å². The maximum Gasteiger partial charge on any atom is 0.246 e. The molecule has 0 aromatic heterocycles. The molecular weight excluding hydrogens is 352 g/mol. The first-order valence-corrected chi connectivity index (χ1v) is 9.60. The summed E-state index contributed by atoms with van der Waals surface area (Å²) in [6, 6.07) is 15.7. The SMILES string of the molecule is CNS(=O)(=O)c1ccc(/C=C/C(=O)N(CCO)Cc2ccccc2)cc1. The fourth-order valence-corrected chi connectivity index (χ4v) is 3.07. The summed E-state index contributed by atoms with van der Waals surface area (Å²) >= 11 is 0. The van der Waals surface area contributed by atoms with Crippen molar-refractivity contribution in [2.24, 2.45) is 0 Å². The molecule has 138 valence electrons. The van der Waals surface area contributed by atoms with E-state index in [1.54, 1.807) is 23.1 Å². The summed E-state index contributed by atoms with van der Waals surface area (Å²) in [7, 11) is -2.13. The van der Waals surface area contributed by atoms with E-state index >= 15 is 0 Å². The highest BCUT2D eigenvalue weighted by Gasteiger charge is 2.12. The van der Waals surface area contributed by atoms with E-state index in [0.717, 1.165) is 5.56 Å². The highest BCUT2D eigenvalue weighted by atomic mass is 32.2. The Balaban J connectivity index is 2.08. The van der Waals surface area contributed by atoms with Gasteiger partial charge in [-0.3, -0.25) is 4.79 Å². The molecule has 0 radical (unpaired) electrons. The van der Waals surface area contributed by atoms with Gasteiger partial charge in [0.25, 0.3) is 0 Å². The average Bonchev–Trinajstić information content (AvgIpc) is 2.67. The minimum atomic E-state index is -3.48. The molecule has 0 fully saturated rings. The van der Waals surface area contributed by atoms with Gasteiger partial charge in [-0.25, -0.2) is 13.1 Å². The number of sulfonamides is 1. The number of rotatable bonds is 8. The van der Waals surface area contributed by atoms with Crippen LogP contribution in [0.25, 0.3) is 6.08 Å². The first-order valence-electron chi connectivity index (χ1n) is 8.11. The third-order valence-electron chi connectivity index (χ3n) is 3.78. The minimum Gasteiger partial charge on any atom is -0.395 e. The fraction of sp³-hybridized carbons (Fsp3) is 0.211. The van der Waals surface area contributed by atoms with E-state index < -0.39 is 10.0 Å². The summed E-state index contributed by atoms with van der Waals surface area (Å²) in [4.78, 5) is 14.1. The van der Waals surface area contributed by atoms with Crippen LogP contribution in [-0.2, 0) is 21.4 Å². The van der Waals surface area contributed by atoms with Gasteiger partial charge in [0.15, 0.2) is 0 Å². The number of benzene rings is 2. The Morgan fingerprint density at radius 2 is 1.77 bits per heavy atom. The van der Waals surface area contributed by atoms with Crippen LogP contribution in [0.1, 0.15) is 11.1 Å². The van der Waals surface area contributed by atoms with Crippen molar-refractivity contribution in [1.82, 2.24) is 9.62 Å². The van der Waals surface area contributed by atoms with Crippen LogP contribution in [0.2, 0.25) is 0 Å². The van der Waals surface area contributed by atoms with E-state index in [0.29, 0.717) is 12.1 Å². The molecule has 0 aliphatic rings. The monoisotopic (exact) mass is 374 g/mol. The Morgan fingerprint density at radius 1 is 1.12 bits per heavy atom. The molecule has 0 unspecified atom stereocenters. The predicted molar refractivity (Wildman–Crippen MR) is 101 cm³/mol. The van der Waals surface area contributed by atoms with Crippen molar-refractivity contribution in [3.8, 4) is 0 Å². The molecule has 0 heterocycles. The quantitative estimate of drug-likeness (QED) is 0.688. The van der Waals surface area contributed by atoms with Crippen molar-refractivity contribution in [3.05, 3.63) is 71.8 Å². The maximum absolute atomic E-state index is 12.4. The molecule has 2 aromatic carbocycles. The van der Waals surface area contributed by atoms with Gasteiger partial charge in [-0.05, 0) is 36.4 Å². The van der Waals surface area contributed by atoms with E-state index in [1.807, 2.05) is 30.3 Å². The molecule has 0 aliphatic heterocycles. The molecule has 0 aliphatic carbocycles. The molecule has 2 N–H and O–H groups in total. The van der Waals surface area contributed by atoms with Crippen LogP contribution in [0, 0.1) is 0 Å². The highest BCUT2D eigenvalue weighted by Crippen LogP contribution is 2.12. The molecule has 0 bridgehead atoms. The second-order valence-electron chi connectivity index (χ2n) is 5.58. The van der Waals surface area contributed by atoms with E-state index in [1.165, 1.54) is 25.3 Å². The summed E-state index contributed by atoms with van der Waals surface area (Å²) in [5.74, 6) is -0.227. The molecule has 0 atom stereocenters. The van der Waals surface area contributed by atoms with Gasteiger partial charge < -0.3 is 10.0 Å². The molecule has 0 saturated carbocycles. The molecule has 1 amide bonds. The van der Waals surface area contributed by atoms with Crippen LogP contribution < -0.4 is 4.72 Å². The Kier molecular flexibility index (Phi) is 7.08. The third-order valence-corrected chi connectivity index (χ3v) is 5.21. The van der Waals surface area contributed by atoms with Gasteiger partial charge in [-0.2, -0.15) is 0 Å². The summed E-state index contributed by atoms with van der Waals surface area (Å²) in [5.41, 5.74) is 1.68. The van der Waals surface area contributed by atoms with Crippen LogP contribution in [0.5, 0.6) is 0 Å². The zero-order chi connectivity index (χ0) is 19.0. The van der Waals surface area contributed by atoms with Gasteiger partial charge in [0.1, 0.15) is 0 Å². The molecule has 2 rings (SSSR count). The number of hydrogen-bond acceptors (Lipinski definition) is 4. The summed E-state index contributed by atoms with van der Waals surface area (Å²) in [6.07, 6.45) is 3.04. The molecule has 2 aromatic rings. The number of carbonyl (C=O) groups is 1. The average molecular weight is 374 g/mol. The smallest absolute Gasteiger partial charge is 0.246 e. The fourth-order valence-electron chi connectivity index (χ4n) is 2.34. The van der Waals surface area contributed by atoms with E-state index in [-0.39, 0.29) is 24.0 Å². The summed E-state index contributed by atoms with van der Waals surface area (Å²) in [6.45, 7) is 0.518. The maximum atomic E-state index is 12.4. The van der Waals surface area contributed by atoms with Crippen LogP contribution >= 0.6 is 0 Å². The van der Waals surface area contributed by atoms with Gasteiger partial charge >= 0.3 is 0 Å². The predicted octanol–water partition coefficient (Wildman–Crippen LogP) is 1.63. The van der Waals surface area contributed by atoms with Gasteiger partial charge in [-0.15, -0.1) is 0 Å². The lowest BCUT2D eigenvalue weighted by molar-refractivity contribution is -0.127. The number of aliphatic hydroxyl groups is 1. The summed E-state index contributed by atoms with van der Waals surface area (Å²) in [5, 5.41) is 9.20. The Bertz CT molecular complexity index is 847. The molecule has 7 heteroatoms. The topological polar surface area (TPSA) is 86.7 Å². The second-order valence-corrected chi connectivity index (χ2v) is 7.47. The largest absolute Gasteiger partial charge is 0.395 e. The van der Waals surface area contributed by atoms with Gasteiger partial charge in [0.05, 0.1) is 11.5 Å². The molecular formula is C19H22N2O4S. The Morgan fingerprint density at radius 3 is 2.35 bits per heavy atom. The second kappa shape index (κ2) is 9.28. The third kappa shape index (κ3) is 5.52. The standard InChI is InChI=1S/C19H22N2O4S/c1-20-26(24,25)18-10-7-16(8-11-18)9-12-19(23)21(13-14-22)15-17-5-3-2-4-6-17/h2-12,20,22H,13-15H2,1H3/b12-9+. The van der Waals surface area contributed by atoms with Crippen LogP contribution in [-0.4, -0.2) is 44.5 Å². The Labute approximate surface area is 153 Å². The number of hydrogen-bond donors (Lipinski definition) is 2. The van der Waals surface area contributed by atoms with Gasteiger partial charge in [-0.1, -0.05) is 42.5 Å². The number of nitrogens with zero attached hydrogens (tertiary/aromatic N) is 1. The number of amides is 1. The van der Waals surface area contributed by atoms with Crippen molar-refractivity contribution in [1.29, 1.82) is 0 Å². The number of aliphatic hydroxyl groups excluding tert-OH is 1. The van der Waals surface area contributed by atoms with Crippen molar-refractivity contribution >= 4 is 22.0 Å². The lowest BCUT2D eigenvalue weighted by atomic mass is 10.2. The lowest BCUT2D eigenvalue weighted by Gasteiger charge is -2.20. The van der Waals surface area contributed by atoms with Crippen LogP contribution in [0.4, 0.5) is 0 Å². The van der Waals surface area contributed by atoms with E-state index in [4.69, 9.17) is 0 Å². The van der Waals surface area contributed by atoms with Crippen molar-refractivity contribution in [2.75, 3.05) is 20.2 Å². The first kappa shape index (κ1) is 19.8. The molecule has 0 spiro atoms. The highest BCUT2D eigenvalue weighted by molar-refractivity contribution is 7.89. The van der Waals surface area contributed by atoms with E-state index in [9.17, 15) is 18.3 Å². The van der Waals surface area contributed by atoms with E-state index in [2.05, 4.69) is 4.72 Å². The van der Waals surface area contributed by atoms with Crippen LogP contribution in [0.3, 0.4) is 0 Å². The van der Waals surface area contributed by atoms with Gasteiger partial charge in [0.2, 0.25) is 15.9 Å². The molecule has 0 saturated heterocycles. The number of nitrogens with one attached hydrogen (secondary N) is 1. The minimum absolute atomic E-state index is 0.122. The Hall–Kier alpha value is -2.48. The normalized spacial score (nSPS) is 11.6. The zero-order valence-electron chi connectivity index (χ0n) is 14.5. The zero-order valence-corrected chi connectivity index (χ0v) is 15.3.